The molecular weight excluding hydrogens is 186 g/mol. The van der Waals surface area contributed by atoms with Crippen LogP contribution in [0.3, 0.4) is 0 Å². The Bertz CT molecular complexity index is 266. The maximum absolute atomic E-state index is 10.8. The molecule has 0 radical (unpaired) electrons. The molecule has 0 unspecified atom stereocenters. The molecule has 1 rings (SSSR count). The van der Waals surface area contributed by atoms with Crippen molar-refractivity contribution in [2.24, 2.45) is 0 Å². The van der Waals surface area contributed by atoms with Crippen LogP contribution in [0.5, 0.6) is 0 Å². The highest BCUT2D eigenvalue weighted by atomic mass is 16.4. The number of likely N-dealkylation sites (tertiary alicyclic amines) is 1. The molecule has 0 aliphatic carbocycles. The summed E-state index contributed by atoms with van der Waals surface area (Å²) in [6.45, 7) is 1.26. The summed E-state index contributed by atoms with van der Waals surface area (Å²) in [4.78, 5) is 22.8. The second kappa shape index (κ2) is 4.64. The molecule has 0 aromatic rings. The van der Waals surface area contributed by atoms with Crippen LogP contribution in [-0.4, -0.2) is 40.1 Å². The van der Waals surface area contributed by atoms with Gasteiger partial charge in [-0.25, -0.2) is 9.59 Å². The van der Waals surface area contributed by atoms with E-state index < -0.39 is 11.9 Å². The van der Waals surface area contributed by atoms with Crippen molar-refractivity contribution in [3.05, 3.63) is 11.8 Å². The highest BCUT2D eigenvalue weighted by Crippen LogP contribution is 2.14. The molecule has 78 valence electrons. The number of aliphatic carboxylic acids is 2. The Labute approximate surface area is 81.6 Å². The van der Waals surface area contributed by atoms with Crippen LogP contribution >= 0.6 is 0 Å². The molecule has 0 bridgehead atoms. The van der Waals surface area contributed by atoms with E-state index in [1.165, 1.54) is 0 Å². The fourth-order valence-corrected chi connectivity index (χ4v) is 1.54. The van der Waals surface area contributed by atoms with Gasteiger partial charge in [-0.1, -0.05) is 0 Å². The third-order valence-corrected chi connectivity index (χ3v) is 2.18. The lowest BCUT2D eigenvalue weighted by atomic mass is 10.1. The molecule has 0 atom stereocenters. The lowest BCUT2D eigenvalue weighted by Gasteiger charge is -2.28. The lowest BCUT2D eigenvalue weighted by molar-refractivity contribution is -0.136. The third-order valence-electron chi connectivity index (χ3n) is 2.18. The van der Waals surface area contributed by atoms with E-state index >= 15 is 0 Å². The predicted molar refractivity (Wildman–Crippen MR) is 48.8 cm³/mol. The first-order valence-electron chi connectivity index (χ1n) is 4.54. The number of carbonyl (C=O) groups is 2. The maximum atomic E-state index is 10.8. The van der Waals surface area contributed by atoms with Gasteiger partial charge in [0, 0.05) is 13.1 Å². The van der Waals surface area contributed by atoms with Crippen LogP contribution in [0.15, 0.2) is 11.8 Å². The molecule has 0 amide bonds. The van der Waals surface area contributed by atoms with Gasteiger partial charge in [-0.15, -0.1) is 0 Å². The van der Waals surface area contributed by atoms with Crippen LogP contribution in [0.2, 0.25) is 0 Å². The van der Waals surface area contributed by atoms with E-state index in [4.69, 9.17) is 10.2 Å². The Morgan fingerprint density at radius 2 is 1.64 bits per heavy atom. The standard InChI is InChI=1S/C9H13NO4/c11-8(12)6-7(9(13)14)10-4-2-1-3-5-10/h6H,1-5H2,(H,11,12)(H,13,14)/b7-6-. The highest BCUT2D eigenvalue weighted by Gasteiger charge is 2.19. The Kier molecular flexibility index (Phi) is 3.50. The van der Waals surface area contributed by atoms with Crippen molar-refractivity contribution < 1.29 is 19.8 Å². The molecule has 5 heteroatoms. The molecule has 1 aliphatic heterocycles. The Balaban J connectivity index is 2.76. The van der Waals surface area contributed by atoms with Gasteiger partial charge in [-0.05, 0) is 19.3 Å². The van der Waals surface area contributed by atoms with Crippen molar-refractivity contribution in [2.45, 2.75) is 19.3 Å². The number of nitrogens with zero attached hydrogens (tertiary/aromatic N) is 1. The van der Waals surface area contributed by atoms with Crippen molar-refractivity contribution >= 4 is 11.9 Å². The van der Waals surface area contributed by atoms with Crippen LogP contribution in [0.25, 0.3) is 0 Å². The molecule has 1 saturated heterocycles. The lowest BCUT2D eigenvalue weighted by Crippen LogP contribution is -2.33. The van der Waals surface area contributed by atoms with Gasteiger partial charge >= 0.3 is 11.9 Å². The van der Waals surface area contributed by atoms with Crippen molar-refractivity contribution in [1.82, 2.24) is 4.90 Å². The van der Waals surface area contributed by atoms with Crippen LogP contribution in [-0.2, 0) is 9.59 Å². The molecule has 2 N–H and O–H groups in total. The summed E-state index contributed by atoms with van der Waals surface area (Å²) in [6, 6.07) is 0. The minimum absolute atomic E-state index is 0.114. The van der Waals surface area contributed by atoms with Crippen molar-refractivity contribution in [1.29, 1.82) is 0 Å². The fraction of sp³-hybridized carbons (Fsp3) is 0.556. The summed E-state index contributed by atoms with van der Waals surface area (Å²) >= 11 is 0. The van der Waals surface area contributed by atoms with E-state index in [-0.39, 0.29) is 5.70 Å². The van der Waals surface area contributed by atoms with Crippen LogP contribution in [0, 0.1) is 0 Å². The van der Waals surface area contributed by atoms with E-state index in [1.807, 2.05) is 0 Å². The Morgan fingerprint density at radius 1 is 1.07 bits per heavy atom. The van der Waals surface area contributed by atoms with Gasteiger partial charge in [0.15, 0.2) is 0 Å². The number of carboxylic acid groups (broad SMARTS) is 2. The first-order valence-corrected chi connectivity index (χ1v) is 4.54. The quantitative estimate of drug-likeness (QED) is 0.648. The third kappa shape index (κ3) is 2.76. The number of piperidine rings is 1. The zero-order valence-electron chi connectivity index (χ0n) is 7.77. The van der Waals surface area contributed by atoms with E-state index in [2.05, 4.69) is 0 Å². The Morgan fingerprint density at radius 3 is 2.07 bits per heavy atom. The average Bonchev–Trinajstić information content (AvgIpc) is 2.15. The molecule has 1 fully saturated rings. The van der Waals surface area contributed by atoms with Gasteiger partial charge in [-0.2, -0.15) is 0 Å². The van der Waals surface area contributed by atoms with E-state index in [0.29, 0.717) is 13.1 Å². The smallest absolute Gasteiger partial charge is 0.352 e. The summed E-state index contributed by atoms with van der Waals surface area (Å²) < 4.78 is 0. The minimum Gasteiger partial charge on any atom is -0.478 e. The SMILES string of the molecule is O=C(O)/C=C(/C(=O)O)N1CCCCC1. The molecule has 0 saturated carbocycles. The van der Waals surface area contributed by atoms with Gasteiger partial charge < -0.3 is 15.1 Å². The number of carboxylic acids is 2. The number of rotatable bonds is 3. The molecule has 1 aliphatic rings. The van der Waals surface area contributed by atoms with Gasteiger partial charge in [-0.3, -0.25) is 0 Å². The number of hydrogen-bond acceptors (Lipinski definition) is 3. The van der Waals surface area contributed by atoms with E-state index in [9.17, 15) is 9.59 Å². The van der Waals surface area contributed by atoms with Crippen LogP contribution < -0.4 is 0 Å². The number of hydrogen-bond donors (Lipinski definition) is 2. The second-order valence-electron chi connectivity index (χ2n) is 3.22. The topological polar surface area (TPSA) is 77.8 Å². The van der Waals surface area contributed by atoms with E-state index in [1.54, 1.807) is 4.90 Å². The van der Waals surface area contributed by atoms with Gasteiger partial charge in [0.25, 0.3) is 0 Å². The van der Waals surface area contributed by atoms with Gasteiger partial charge in [0.05, 0.1) is 6.08 Å². The normalized spacial score (nSPS) is 18.0. The second-order valence-corrected chi connectivity index (χ2v) is 3.22. The molecule has 1 heterocycles. The van der Waals surface area contributed by atoms with Crippen LogP contribution in [0.4, 0.5) is 0 Å². The molecular formula is C9H13NO4. The molecule has 0 spiro atoms. The minimum atomic E-state index is -1.21. The molecule has 14 heavy (non-hydrogen) atoms. The monoisotopic (exact) mass is 199 g/mol. The first-order chi connectivity index (χ1) is 6.61. The molecule has 0 aromatic carbocycles. The summed E-state index contributed by atoms with van der Waals surface area (Å²) in [6.07, 6.45) is 3.68. The summed E-state index contributed by atoms with van der Waals surface area (Å²) in [5.74, 6) is -2.39. The summed E-state index contributed by atoms with van der Waals surface area (Å²) in [5, 5.41) is 17.3. The van der Waals surface area contributed by atoms with Crippen molar-refractivity contribution in [2.75, 3.05) is 13.1 Å². The van der Waals surface area contributed by atoms with E-state index in [0.717, 1.165) is 25.3 Å². The summed E-state index contributed by atoms with van der Waals surface area (Å²) in [7, 11) is 0. The fourth-order valence-electron chi connectivity index (χ4n) is 1.54. The predicted octanol–water partition coefficient (Wildman–Crippen LogP) is 0.525. The summed E-state index contributed by atoms with van der Waals surface area (Å²) in [5.41, 5.74) is -0.114. The molecule has 0 aromatic heterocycles. The van der Waals surface area contributed by atoms with Crippen molar-refractivity contribution in [3.8, 4) is 0 Å². The Hall–Kier alpha value is -1.52. The first kappa shape index (κ1) is 10.6. The van der Waals surface area contributed by atoms with Gasteiger partial charge in [0.2, 0.25) is 0 Å². The van der Waals surface area contributed by atoms with Crippen molar-refractivity contribution in [3.63, 3.8) is 0 Å². The zero-order valence-corrected chi connectivity index (χ0v) is 7.77. The maximum Gasteiger partial charge on any atom is 0.352 e. The van der Waals surface area contributed by atoms with Crippen LogP contribution in [0.1, 0.15) is 19.3 Å². The molecule has 5 nitrogen and oxygen atoms in total. The average molecular weight is 199 g/mol. The van der Waals surface area contributed by atoms with Gasteiger partial charge in [0.1, 0.15) is 5.70 Å². The highest BCUT2D eigenvalue weighted by molar-refractivity contribution is 5.94. The largest absolute Gasteiger partial charge is 0.478 e. The zero-order chi connectivity index (χ0) is 10.6.